The van der Waals surface area contributed by atoms with Gasteiger partial charge in [-0.2, -0.15) is 4.98 Å². The van der Waals surface area contributed by atoms with Gasteiger partial charge in [0.25, 0.3) is 5.91 Å². The Labute approximate surface area is 119 Å². The highest BCUT2D eigenvalue weighted by Crippen LogP contribution is 2.12. The molecular formula is C14H11N5O2. The Balaban J connectivity index is 1.66. The minimum absolute atomic E-state index is 0.185. The Hall–Kier alpha value is -3.22. The fourth-order valence-corrected chi connectivity index (χ4v) is 1.63. The first-order valence-electron chi connectivity index (χ1n) is 6.17. The first kappa shape index (κ1) is 12.8. The minimum Gasteiger partial charge on any atom is -0.465 e. The van der Waals surface area contributed by atoms with E-state index in [1.807, 2.05) is 12.1 Å². The van der Waals surface area contributed by atoms with Crippen LogP contribution in [0.5, 0.6) is 0 Å². The van der Waals surface area contributed by atoms with Crippen LogP contribution in [-0.2, 0) is 4.79 Å². The SMILES string of the molecule is O=C(/C=C\c1ccco1)Nc1n[nH]c(-c2ccccn2)n1. The highest BCUT2D eigenvalue weighted by atomic mass is 16.3. The van der Waals surface area contributed by atoms with Crippen LogP contribution >= 0.6 is 0 Å². The number of nitrogens with zero attached hydrogens (tertiary/aromatic N) is 3. The molecule has 2 N–H and O–H groups in total. The van der Waals surface area contributed by atoms with E-state index in [-0.39, 0.29) is 11.9 Å². The number of carbonyl (C=O) groups excluding carboxylic acids is 1. The first-order chi connectivity index (χ1) is 10.3. The molecule has 3 aromatic heterocycles. The van der Waals surface area contributed by atoms with Gasteiger partial charge < -0.3 is 4.42 Å². The maximum Gasteiger partial charge on any atom is 0.250 e. The number of H-pyrrole nitrogens is 1. The van der Waals surface area contributed by atoms with Gasteiger partial charge in [0.15, 0.2) is 5.82 Å². The summed E-state index contributed by atoms with van der Waals surface area (Å²) in [5.41, 5.74) is 0.650. The Morgan fingerprint density at radius 1 is 1.29 bits per heavy atom. The van der Waals surface area contributed by atoms with Gasteiger partial charge in [0.1, 0.15) is 11.5 Å². The highest BCUT2D eigenvalue weighted by Gasteiger charge is 2.07. The smallest absolute Gasteiger partial charge is 0.250 e. The van der Waals surface area contributed by atoms with Crippen molar-refractivity contribution in [1.29, 1.82) is 0 Å². The van der Waals surface area contributed by atoms with E-state index in [2.05, 4.69) is 25.5 Å². The summed E-state index contributed by atoms with van der Waals surface area (Å²) in [7, 11) is 0. The van der Waals surface area contributed by atoms with Gasteiger partial charge in [-0.05, 0) is 30.3 Å². The molecule has 0 radical (unpaired) electrons. The molecular weight excluding hydrogens is 270 g/mol. The molecule has 0 aliphatic heterocycles. The third kappa shape index (κ3) is 3.21. The largest absolute Gasteiger partial charge is 0.465 e. The highest BCUT2D eigenvalue weighted by molar-refractivity contribution is 6.00. The lowest BCUT2D eigenvalue weighted by molar-refractivity contribution is -0.111. The molecule has 104 valence electrons. The number of amides is 1. The number of aromatic nitrogens is 4. The third-order valence-corrected chi connectivity index (χ3v) is 2.57. The molecule has 0 fully saturated rings. The van der Waals surface area contributed by atoms with Gasteiger partial charge in [-0.15, -0.1) is 5.10 Å². The molecule has 0 saturated heterocycles. The maximum absolute atomic E-state index is 11.7. The molecule has 21 heavy (non-hydrogen) atoms. The molecule has 0 bridgehead atoms. The van der Waals surface area contributed by atoms with Crippen LogP contribution in [0.4, 0.5) is 5.95 Å². The number of anilines is 1. The molecule has 7 heteroatoms. The number of aromatic amines is 1. The number of furan rings is 1. The Bertz CT molecular complexity index is 747. The molecule has 7 nitrogen and oxygen atoms in total. The lowest BCUT2D eigenvalue weighted by Gasteiger charge is -1.94. The second kappa shape index (κ2) is 5.83. The molecule has 3 rings (SSSR count). The Morgan fingerprint density at radius 3 is 3.00 bits per heavy atom. The third-order valence-electron chi connectivity index (χ3n) is 2.57. The monoisotopic (exact) mass is 281 g/mol. The number of hydrogen-bond donors (Lipinski definition) is 2. The predicted octanol–water partition coefficient (Wildman–Crippen LogP) is 2.11. The zero-order valence-corrected chi connectivity index (χ0v) is 10.9. The summed E-state index contributed by atoms with van der Waals surface area (Å²) in [6.45, 7) is 0. The average Bonchev–Trinajstić information content (AvgIpc) is 3.17. The van der Waals surface area contributed by atoms with Crippen molar-refractivity contribution in [2.45, 2.75) is 0 Å². The Kier molecular flexibility index (Phi) is 3.55. The van der Waals surface area contributed by atoms with E-state index in [1.165, 1.54) is 12.3 Å². The summed E-state index contributed by atoms with van der Waals surface area (Å²) < 4.78 is 5.08. The molecule has 0 saturated carbocycles. The van der Waals surface area contributed by atoms with Crippen LogP contribution in [0, 0.1) is 0 Å². The average molecular weight is 281 g/mol. The maximum atomic E-state index is 11.7. The van der Waals surface area contributed by atoms with Crippen LogP contribution in [0.3, 0.4) is 0 Å². The van der Waals surface area contributed by atoms with Crippen molar-refractivity contribution in [3.63, 3.8) is 0 Å². The summed E-state index contributed by atoms with van der Waals surface area (Å²) >= 11 is 0. The molecule has 0 atom stereocenters. The van der Waals surface area contributed by atoms with Gasteiger partial charge in [-0.3, -0.25) is 20.2 Å². The van der Waals surface area contributed by atoms with Crippen LogP contribution in [0.2, 0.25) is 0 Å². The van der Waals surface area contributed by atoms with Crippen molar-refractivity contribution in [2.24, 2.45) is 0 Å². The van der Waals surface area contributed by atoms with Gasteiger partial charge in [0.2, 0.25) is 5.95 Å². The molecule has 0 spiro atoms. The lowest BCUT2D eigenvalue weighted by Crippen LogP contribution is -2.09. The summed E-state index contributed by atoms with van der Waals surface area (Å²) in [6, 6.07) is 8.93. The van der Waals surface area contributed by atoms with Gasteiger partial charge in [0.05, 0.1) is 6.26 Å². The summed E-state index contributed by atoms with van der Waals surface area (Å²) in [6.07, 6.45) is 6.09. The molecule has 3 heterocycles. The van der Waals surface area contributed by atoms with Crippen molar-refractivity contribution < 1.29 is 9.21 Å². The quantitative estimate of drug-likeness (QED) is 0.714. The molecule has 3 aromatic rings. The second-order valence-electron chi connectivity index (χ2n) is 4.06. The van der Waals surface area contributed by atoms with Gasteiger partial charge >= 0.3 is 0 Å². The molecule has 0 aliphatic carbocycles. The number of rotatable bonds is 4. The number of pyridine rings is 1. The molecule has 0 unspecified atom stereocenters. The number of hydrogen-bond acceptors (Lipinski definition) is 5. The van der Waals surface area contributed by atoms with Gasteiger partial charge in [-0.1, -0.05) is 6.07 Å². The van der Waals surface area contributed by atoms with E-state index in [1.54, 1.807) is 30.5 Å². The van der Waals surface area contributed by atoms with Gasteiger partial charge in [0, 0.05) is 12.3 Å². The zero-order chi connectivity index (χ0) is 14.5. The number of nitrogens with one attached hydrogen (secondary N) is 2. The van der Waals surface area contributed by atoms with E-state index in [9.17, 15) is 4.79 Å². The fourth-order valence-electron chi connectivity index (χ4n) is 1.63. The van der Waals surface area contributed by atoms with Crippen LogP contribution in [0.15, 0.2) is 53.3 Å². The first-order valence-corrected chi connectivity index (χ1v) is 6.17. The van der Waals surface area contributed by atoms with Crippen LogP contribution in [-0.4, -0.2) is 26.1 Å². The van der Waals surface area contributed by atoms with Crippen LogP contribution in [0.1, 0.15) is 5.76 Å². The van der Waals surface area contributed by atoms with Gasteiger partial charge in [-0.25, -0.2) is 0 Å². The molecule has 0 aromatic carbocycles. The van der Waals surface area contributed by atoms with Crippen molar-refractivity contribution in [2.75, 3.05) is 5.32 Å². The van der Waals surface area contributed by atoms with Crippen molar-refractivity contribution in [3.05, 3.63) is 54.6 Å². The minimum atomic E-state index is -0.349. The van der Waals surface area contributed by atoms with E-state index in [0.29, 0.717) is 17.3 Å². The van der Waals surface area contributed by atoms with Crippen LogP contribution in [0.25, 0.3) is 17.6 Å². The van der Waals surface area contributed by atoms with E-state index in [0.717, 1.165) is 0 Å². The Morgan fingerprint density at radius 2 is 2.24 bits per heavy atom. The summed E-state index contributed by atoms with van der Waals surface area (Å²) in [5, 5.41) is 9.17. The number of carbonyl (C=O) groups is 1. The topological polar surface area (TPSA) is 96.7 Å². The summed E-state index contributed by atoms with van der Waals surface area (Å²) in [4.78, 5) is 20.0. The molecule has 1 amide bonds. The standard InChI is InChI=1S/C14H11N5O2/c20-12(7-6-10-4-3-9-21-10)16-14-17-13(18-19-14)11-5-1-2-8-15-11/h1-9H,(H2,16,17,18,19,20)/b7-6-. The van der Waals surface area contributed by atoms with Crippen molar-refractivity contribution in [1.82, 2.24) is 20.2 Å². The lowest BCUT2D eigenvalue weighted by atomic mass is 10.3. The summed E-state index contributed by atoms with van der Waals surface area (Å²) in [5.74, 6) is 0.915. The van der Waals surface area contributed by atoms with Crippen LogP contribution < -0.4 is 5.32 Å². The second-order valence-corrected chi connectivity index (χ2v) is 4.06. The van der Waals surface area contributed by atoms with Crippen molar-refractivity contribution >= 4 is 17.9 Å². The zero-order valence-electron chi connectivity index (χ0n) is 10.9. The van der Waals surface area contributed by atoms with Crippen molar-refractivity contribution in [3.8, 4) is 11.5 Å². The molecule has 0 aliphatic rings. The van der Waals surface area contributed by atoms with E-state index in [4.69, 9.17) is 4.42 Å². The normalized spacial score (nSPS) is 10.9. The fraction of sp³-hybridized carbons (Fsp3) is 0. The van der Waals surface area contributed by atoms with E-state index < -0.39 is 0 Å². The predicted molar refractivity (Wildman–Crippen MR) is 76.0 cm³/mol. The van der Waals surface area contributed by atoms with E-state index >= 15 is 0 Å².